The van der Waals surface area contributed by atoms with E-state index in [1.165, 1.54) is 0 Å². The Labute approximate surface area is 123 Å². The maximum absolute atomic E-state index is 6.05. The van der Waals surface area contributed by atoms with Gasteiger partial charge in [0.1, 0.15) is 10.8 Å². The molecule has 2 N–H and O–H groups in total. The van der Waals surface area contributed by atoms with Crippen molar-refractivity contribution in [3.05, 3.63) is 50.5 Å². The number of halogens is 3. The summed E-state index contributed by atoms with van der Waals surface area (Å²) >= 11 is 15.4. The molecule has 1 aromatic carbocycles. The van der Waals surface area contributed by atoms with E-state index in [1.54, 1.807) is 24.4 Å². The molecule has 0 atom stereocenters. The van der Waals surface area contributed by atoms with E-state index in [4.69, 9.17) is 33.7 Å². The fourth-order valence-electron chi connectivity index (χ4n) is 1.31. The fraction of sp³-hybridized carbons (Fsp3) is 0.0833. The number of rotatable bonds is 3. The van der Waals surface area contributed by atoms with Gasteiger partial charge in [-0.25, -0.2) is 4.98 Å². The van der Waals surface area contributed by atoms with Crippen LogP contribution < -0.4 is 10.5 Å². The van der Waals surface area contributed by atoms with Crippen molar-refractivity contribution in [2.75, 3.05) is 0 Å². The van der Waals surface area contributed by atoms with Crippen molar-refractivity contribution in [2.24, 2.45) is 5.73 Å². The van der Waals surface area contributed by atoms with Gasteiger partial charge in [0.25, 0.3) is 0 Å². The van der Waals surface area contributed by atoms with Crippen molar-refractivity contribution >= 4 is 39.1 Å². The maximum Gasteiger partial charge on any atom is 0.238 e. The van der Waals surface area contributed by atoms with Crippen LogP contribution in [0, 0.1) is 0 Å². The summed E-state index contributed by atoms with van der Waals surface area (Å²) in [5.41, 5.74) is 6.34. The second kappa shape index (κ2) is 5.89. The summed E-state index contributed by atoms with van der Waals surface area (Å²) in [7, 11) is 0. The molecule has 0 bridgehead atoms. The van der Waals surface area contributed by atoms with Crippen LogP contribution in [0.2, 0.25) is 10.0 Å². The van der Waals surface area contributed by atoms with Crippen LogP contribution in [-0.4, -0.2) is 4.98 Å². The lowest BCUT2D eigenvalue weighted by Crippen LogP contribution is -1.98. The first-order valence-corrected chi connectivity index (χ1v) is 6.62. The van der Waals surface area contributed by atoms with Gasteiger partial charge in [-0.2, -0.15) is 0 Å². The summed E-state index contributed by atoms with van der Waals surface area (Å²) in [4.78, 5) is 4.11. The first-order chi connectivity index (χ1) is 8.60. The van der Waals surface area contributed by atoms with Crippen LogP contribution >= 0.6 is 39.1 Å². The molecule has 0 amide bonds. The van der Waals surface area contributed by atoms with Crippen molar-refractivity contribution in [2.45, 2.75) is 6.54 Å². The molecule has 18 heavy (non-hydrogen) atoms. The zero-order chi connectivity index (χ0) is 13.1. The first-order valence-electron chi connectivity index (χ1n) is 5.07. The second-order valence-corrected chi connectivity index (χ2v) is 5.24. The second-order valence-electron chi connectivity index (χ2n) is 3.51. The molecule has 0 radical (unpaired) electrons. The molecule has 0 saturated heterocycles. The predicted octanol–water partition coefficient (Wildman–Crippen LogP) is 4.40. The lowest BCUT2D eigenvalue weighted by atomic mass is 10.3. The summed E-state index contributed by atoms with van der Waals surface area (Å²) in [5.74, 6) is 0.787. The highest BCUT2D eigenvalue weighted by Gasteiger charge is 2.09. The number of nitrogens with two attached hydrogens (primary N) is 1. The molecule has 94 valence electrons. The van der Waals surface area contributed by atoms with Crippen LogP contribution in [-0.2, 0) is 6.54 Å². The third kappa shape index (κ3) is 3.14. The van der Waals surface area contributed by atoms with Gasteiger partial charge in [0.15, 0.2) is 0 Å². The average Bonchev–Trinajstić information content (AvgIpc) is 2.36. The Balaban J connectivity index is 2.31. The number of hydrogen-bond donors (Lipinski definition) is 1. The number of nitrogens with zero attached hydrogens (tertiary/aromatic N) is 1. The van der Waals surface area contributed by atoms with Crippen LogP contribution in [0.1, 0.15) is 5.56 Å². The Morgan fingerprint density at radius 3 is 2.67 bits per heavy atom. The molecule has 6 heteroatoms. The molecule has 0 aliphatic carbocycles. The lowest BCUT2D eigenvalue weighted by molar-refractivity contribution is 0.462. The van der Waals surface area contributed by atoms with Crippen LogP contribution in [0.5, 0.6) is 11.6 Å². The van der Waals surface area contributed by atoms with Gasteiger partial charge in [0, 0.05) is 17.2 Å². The van der Waals surface area contributed by atoms with Crippen LogP contribution in [0.25, 0.3) is 0 Å². The Morgan fingerprint density at radius 2 is 2.00 bits per heavy atom. The predicted molar refractivity (Wildman–Crippen MR) is 76.4 cm³/mol. The smallest absolute Gasteiger partial charge is 0.238 e. The van der Waals surface area contributed by atoms with Crippen molar-refractivity contribution in [1.29, 1.82) is 0 Å². The van der Waals surface area contributed by atoms with E-state index in [0.29, 0.717) is 28.2 Å². The highest BCUT2D eigenvalue weighted by Crippen LogP contribution is 2.34. The molecule has 1 heterocycles. The van der Waals surface area contributed by atoms with E-state index in [2.05, 4.69) is 20.9 Å². The minimum Gasteiger partial charge on any atom is -0.436 e. The maximum atomic E-state index is 6.05. The van der Waals surface area contributed by atoms with E-state index in [0.717, 1.165) is 10.0 Å². The van der Waals surface area contributed by atoms with Gasteiger partial charge in [0.05, 0.1) is 5.02 Å². The highest BCUT2D eigenvalue weighted by atomic mass is 79.9. The van der Waals surface area contributed by atoms with Gasteiger partial charge >= 0.3 is 0 Å². The molecule has 0 aliphatic rings. The third-order valence-electron chi connectivity index (χ3n) is 2.20. The molecule has 0 spiro atoms. The molecule has 0 unspecified atom stereocenters. The molecule has 0 fully saturated rings. The molecule has 3 nitrogen and oxygen atoms in total. The quantitative estimate of drug-likeness (QED) is 0.894. The largest absolute Gasteiger partial charge is 0.436 e. The van der Waals surface area contributed by atoms with E-state index < -0.39 is 0 Å². The van der Waals surface area contributed by atoms with Gasteiger partial charge in [-0.05, 0) is 29.8 Å². The van der Waals surface area contributed by atoms with Crippen molar-refractivity contribution in [3.63, 3.8) is 0 Å². The average molecular weight is 348 g/mol. The van der Waals surface area contributed by atoms with Crippen molar-refractivity contribution in [1.82, 2.24) is 4.98 Å². The minimum atomic E-state index is 0.300. The van der Waals surface area contributed by atoms with Gasteiger partial charge < -0.3 is 10.5 Å². The summed E-state index contributed by atoms with van der Waals surface area (Å²) in [5, 5.41) is 0.882. The number of pyridine rings is 1. The molecule has 0 saturated carbocycles. The third-order valence-corrected chi connectivity index (χ3v) is 3.28. The topological polar surface area (TPSA) is 48.1 Å². The van der Waals surface area contributed by atoms with E-state index in [1.807, 2.05) is 6.07 Å². The number of hydrogen-bond acceptors (Lipinski definition) is 3. The molecule has 0 aliphatic heterocycles. The van der Waals surface area contributed by atoms with Crippen LogP contribution in [0.4, 0.5) is 0 Å². The van der Waals surface area contributed by atoms with Crippen LogP contribution in [0.3, 0.4) is 0 Å². The van der Waals surface area contributed by atoms with Crippen molar-refractivity contribution in [3.8, 4) is 11.6 Å². The molecule has 2 rings (SSSR count). The SMILES string of the molecule is NCc1cnc(Oc2cc(Br)ccc2Cl)c(Cl)c1. The van der Waals surface area contributed by atoms with Crippen molar-refractivity contribution < 1.29 is 4.74 Å². The fourth-order valence-corrected chi connectivity index (χ4v) is 2.04. The molecular formula is C12H9BrCl2N2O. The Bertz CT molecular complexity index is 578. The summed E-state index contributed by atoms with van der Waals surface area (Å²) in [6, 6.07) is 7.01. The monoisotopic (exact) mass is 346 g/mol. The highest BCUT2D eigenvalue weighted by molar-refractivity contribution is 9.10. The van der Waals surface area contributed by atoms with Gasteiger partial charge in [0.2, 0.25) is 5.88 Å². The van der Waals surface area contributed by atoms with E-state index >= 15 is 0 Å². The Kier molecular flexibility index (Phi) is 4.45. The first kappa shape index (κ1) is 13.6. The van der Waals surface area contributed by atoms with Gasteiger partial charge in [-0.1, -0.05) is 39.1 Å². The molecule has 1 aromatic heterocycles. The number of aromatic nitrogens is 1. The van der Waals surface area contributed by atoms with Gasteiger partial charge in [-0.15, -0.1) is 0 Å². The van der Waals surface area contributed by atoms with E-state index in [9.17, 15) is 0 Å². The number of ether oxygens (including phenoxy) is 1. The zero-order valence-electron chi connectivity index (χ0n) is 9.16. The zero-order valence-corrected chi connectivity index (χ0v) is 12.3. The van der Waals surface area contributed by atoms with Gasteiger partial charge in [-0.3, -0.25) is 0 Å². The van der Waals surface area contributed by atoms with Crippen LogP contribution in [0.15, 0.2) is 34.9 Å². The summed E-state index contributed by atoms with van der Waals surface area (Å²) in [6.45, 7) is 0.380. The summed E-state index contributed by atoms with van der Waals surface area (Å²) in [6.07, 6.45) is 1.62. The number of benzene rings is 1. The lowest BCUT2D eigenvalue weighted by Gasteiger charge is -2.09. The standard InChI is InChI=1S/C12H9BrCl2N2O/c13-8-1-2-9(14)11(4-8)18-12-10(15)3-7(5-16)6-17-12/h1-4,6H,5,16H2. The summed E-state index contributed by atoms with van der Waals surface area (Å²) < 4.78 is 6.43. The minimum absolute atomic E-state index is 0.300. The molecule has 2 aromatic rings. The van der Waals surface area contributed by atoms with E-state index in [-0.39, 0.29) is 0 Å². The molecular weight excluding hydrogens is 339 g/mol. The normalized spacial score (nSPS) is 10.4. The Morgan fingerprint density at radius 1 is 1.22 bits per heavy atom. The Hall–Kier alpha value is -0.810.